The highest BCUT2D eigenvalue weighted by atomic mass is 16.6. The maximum Gasteiger partial charge on any atom is 0.172 e. The molecule has 0 amide bonds. The fourth-order valence-corrected chi connectivity index (χ4v) is 2.66. The van der Waals surface area contributed by atoms with Gasteiger partial charge < -0.3 is 14.2 Å². The number of carbonyl (C=O) groups is 2. The lowest BCUT2D eigenvalue weighted by Crippen LogP contribution is -2.18. The van der Waals surface area contributed by atoms with Crippen LogP contribution in [0.2, 0.25) is 0 Å². The summed E-state index contributed by atoms with van der Waals surface area (Å²) in [6.07, 6.45) is 0.223. The highest BCUT2D eigenvalue weighted by molar-refractivity contribution is 6.04. The molecule has 0 spiro atoms. The van der Waals surface area contributed by atoms with Crippen LogP contribution in [0.4, 0.5) is 0 Å². The summed E-state index contributed by atoms with van der Waals surface area (Å²) < 4.78 is 16.2. The van der Waals surface area contributed by atoms with Crippen molar-refractivity contribution in [2.24, 2.45) is 0 Å². The largest absolute Gasteiger partial charge is 0.496 e. The van der Waals surface area contributed by atoms with Gasteiger partial charge in [0.15, 0.2) is 23.1 Å². The van der Waals surface area contributed by atoms with Gasteiger partial charge in [-0.3, -0.25) is 9.59 Å². The van der Waals surface area contributed by atoms with Gasteiger partial charge in [0.1, 0.15) is 19.0 Å². The van der Waals surface area contributed by atoms with E-state index < -0.39 is 0 Å². The molecule has 0 atom stereocenters. The van der Waals surface area contributed by atoms with Crippen molar-refractivity contribution in [2.75, 3.05) is 20.3 Å². The number of carbonyl (C=O) groups excluding carboxylic acids is 2. The minimum absolute atomic E-state index is 0.108. The Labute approximate surface area is 140 Å². The zero-order valence-electron chi connectivity index (χ0n) is 13.4. The van der Waals surface area contributed by atoms with Gasteiger partial charge in [-0.15, -0.1) is 0 Å². The predicted molar refractivity (Wildman–Crippen MR) is 88.3 cm³/mol. The van der Waals surface area contributed by atoms with E-state index >= 15 is 0 Å². The van der Waals surface area contributed by atoms with Crippen molar-refractivity contribution in [2.45, 2.75) is 12.8 Å². The van der Waals surface area contributed by atoms with Crippen molar-refractivity contribution in [1.29, 1.82) is 0 Å². The summed E-state index contributed by atoms with van der Waals surface area (Å²) in [4.78, 5) is 24.8. The number of ether oxygens (including phenoxy) is 3. The first kappa shape index (κ1) is 16.1. The molecule has 5 nitrogen and oxygen atoms in total. The molecule has 24 heavy (non-hydrogen) atoms. The van der Waals surface area contributed by atoms with Gasteiger partial charge in [0, 0.05) is 12.8 Å². The predicted octanol–water partition coefficient (Wildman–Crippen LogP) is 3.31. The summed E-state index contributed by atoms with van der Waals surface area (Å²) in [5, 5.41) is 0. The molecule has 1 aliphatic heterocycles. The van der Waals surface area contributed by atoms with Crippen LogP contribution in [-0.2, 0) is 0 Å². The molecule has 0 bridgehead atoms. The number of benzene rings is 2. The van der Waals surface area contributed by atoms with Gasteiger partial charge in [0.05, 0.1) is 18.2 Å². The lowest BCUT2D eigenvalue weighted by Gasteiger charge is -2.20. The number of hydrogen-bond acceptors (Lipinski definition) is 5. The zero-order chi connectivity index (χ0) is 16.9. The minimum Gasteiger partial charge on any atom is -0.496 e. The van der Waals surface area contributed by atoms with E-state index in [4.69, 9.17) is 14.2 Å². The zero-order valence-corrected chi connectivity index (χ0v) is 13.4. The molecule has 0 aromatic heterocycles. The summed E-state index contributed by atoms with van der Waals surface area (Å²) in [5.74, 6) is 1.30. The fourth-order valence-electron chi connectivity index (χ4n) is 2.66. The summed E-state index contributed by atoms with van der Waals surface area (Å²) in [6.45, 7) is 0.883. The molecule has 0 fully saturated rings. The van der Waals surface area contributed by atoms with E-state index in [0.717, 1.165) is 0 Å². The standard InChI is InChI=1S/C19H18O5/c1-22-17-7-3-2-5-13(17)15(20)9-10-16(21)14-6-4-8-18-19(14)24-12-11-23-18/h2-8H,9-12H2,1H3. The third kappa shape index (κ3) is 3.25. The van der Waals surface area contributed by atoms with Crippen LogP contribution in [0.15, 0.2) is 42.5 Å². The Bertz CT molecular complexity index is 766. The van der Waals surface area contributed by atoms with E-state index in [2.05, 4.69) is 0 Å². The molecule has 0 aliphatic carbocycles. The summed E-state index contributed by atoms with van der Waals surface area (Å²) in [6, 6.07) is 12.2. The van der Waals surface area contributed by atoms with Crippen molar-refractivity contribution in [3.8, 4) is 17.2 Å². The summed E-state index contributed by atoms with van der Waals surface area (Å²) in [5.41, 5.74) is 0.947. The quantitative estimate of drug-likeness (QED) is 0.762. The Morgan fingerprint density at radius 3 is 2.38 bits per heavy atom. The number of ketones is 2. The van der Waals surface area contributed by atoms with Gasteiger partial charge >= 0.3 is 0 Å². The minimum atomic E-state index is -0.138. The molecule has 5 heteroatoms. The van der Waals surface area contributed by atoms with E-state index in [9.17, 15) is 9.59 Å². The molecule has 1 aliphatic rings. The van der Waals surface area contributed by atoms with Crippen LogP contribution >= 0.6 is 0 Å². The monoisotopic (exact) mass is 326 g/mol. The van der Waals surface area contributed by atoms with Gasteiger partial charge in [-0.1, -0.05) is 18.2 Å². The van der Waals surface area contributed by atoms with Crippen LogP contribution in [0.25, 0.3) is 0 Å². The highest BCUT2D eigenvalue weighted by Gasteiger charge is 2.21. The molecule has 1 heterocycles. The number of Topliss-reactive ketones (excluding diaryl/α,β-unsaturated/α-hetero) is 2. The summed E-state index contributed by atoms with van der Waals surface area (Å²) in [7, 11) is 1.52. The molecule has 124 valence electrons. The Balaban J connectivity index is 1.71. The lowest BCUT2D eigenvalue weighted by atomic mass is 10.00. The fraction of sp³-hybridized carbons (Fsp3) is 0.263. The molecule has 2 aromatic carbocycles. The number of para-hydroxylation sites is 2. The average molecular weight is 326 g/mol. The third-order valence-electron chi connectivity index (χ3n) is 3.85. The van der Waals surface area contributed by atoms with Crippen LogP contribution in [0.3, 0.4) is 0 Å². The van der Waals surface area contributed by atoms with E-state index in [0.29, 0.717) is 41.6 Å². The topological polar surface area (TPSA) is 61.8 Å². The number of fused-ring (bicyclic) bond motifs is 1. The first-order valence-electron chi connectivity index (χ1n) is 7.78. The third-order valence-corrected chi connectivity index (χ3v) is 3.85. The molecule has 0 unspecified atom stereocenters. The van der Waals surface area contributed by atoms with Gasteiger partial charge in [-0.05, 0) is 24.3 Å². The van der Waals surface area contributed by atoms with E-state index in [-0.39, 0.29) is 24.4 Å². The normalized spacial score (nSPS) is 12.5. The van der Waals surface area contributed by atoms with Crippen molar-refractivity contribution in [1.82, 2.24) is 0 Å². The van der Waals surface area contributed by atoms with Gasteiger partial charge in [0.2, 0.25) is 0 Å². The Morgan fingerprint density at radius 2 is 1.58 bits per heavy atom. The number of methoxy groups -OCH3 is 1. The maximum absolute atomic E-state index is 12.5. The van der Waals surface area contributed by atoms with Crippen molar-refractivity contribution in [3.63, 3.8) is 0 Å². The molecule has 0 saturated heterocycles. The van der Waals surface area contributed by atoms with Crippen LogP contribution in [0.1, 0.15) is 33.6 Å². The molecule has 0 N–H and O–H groups in total. The first-order valence-corrected chi connectivity index (χ1v) is 7.78. The van der Waals surface area contributed by atoms with Crippen LogP contribution in [0, 0.1) is 0 Å². The number of rotatable bonds is 6. The first-order chi connectivity index (χ1) is 11.7. The van der Waals surface area contributed by atoms with Crippen molar-refractivity contribution >= 4 is 11.6 Å². The number of hydrogen-bond donors (Lipinski definition) is 0. The molecule has 2 aromatic rings. The second-order valence-electron chi connectivity index (χ2n) is 5.38. The Morgan fingerprint density at radius 1 is 0.917 bits per heavy atom. The average Bonchev–Trinajstić information content (AvgIpc) is 2.65. The van der Waals surface area contributed by atoms with Crippen molar-refractivity contribution < 1.29 is 23.8 Å². The van der Waals surface area contributed by atoms with E-state index in [1.807, 2.05) is 0 Å². The smallest absolute Gasteiger partial charge is 0.172 e. The molecular formula is C19H18O5. The van der Waals surface area contributed by atoms with Crippen LogP contribution < -0.4 is 14.2 Å². The van der Waals surface area contributed by atoms with Gasteiger partial charge in [0.25, 0.3) is 0 Å². The van der Waals surface area contributed by atoms with E-state index in [1.165, 1.54) is 7.11 Å². The Kier molecular flexibility index (Phi) is 4.79. The van der Waals surface area contributed by atoms with Crippen molar-refractivity contribution in [3.05, 3.63) is 53.6 Å². The second-order valence-corrected chi connectivity index (χ2v) is 5.38. The SMILES string of the molecule is COc1ccccc1C(=O)CCC(=O)c1cccc2c1OCCO2. The maximum atomic E-state index is 12.5. The van der Waals surface area contributed by atoms with Crippen LogP contribution in [-0.4, -0.2) is 31.9 Å². The highest BCUT2D eigenvalue weighted by Crippen LogP contribution is 2.34. The Hall–Kier alpha value is -2.82. The van der Waals surface area contributed by atoms with Gasteiger partial charge in [-0.25, -0.2) is 0 Å². The lowest BCUT2D eigenvalue weighted by molar-refractivity contribution is 0.0910. The molecule has 3 rings (SSSR count). The molecular weight excluding hydrogens is 308 g/mol. The van der Waals surface area contributed by atoms with E-state index in [1.54, 1.807) is 42.5 Å². The molecule has 0 saturated carbocycles. The second kappa shape index (κ2) is 7.17. The van der Waals surface area contributed by atoms with Gasteiger partial charge in [-0.2, -0.15) is 0 Å². The molecule has 0 radical (unpaired) electrons. The van der Waals surface area contributed by atoms with Crippen LogP contribution in [0.5, 0.6) is 17.2 Å². The summed E-state index contributed by atoms with van der Waals surface area (Å²) >= 11 is 0.